The molecule has 0 radical (unpaired) electrons. The van der Waals surface area contributed by atoms with E-state index in [1.54, 1.807) is 12.1 Å². The maximum Gasteiger partial charge on any atom is 0.144 e. The van der Waals surface area contributed by atoms with Crippen LogP contribution in [-0.2, 0) is 0 Å². The van der Waals surface area contributed by atoms with Crippen LogP contribution in [0.4, 0.5) is 4.39 Å². The number of piperidine rings is 1. The van der Waals surface area contributed by atoms with Crippen LogP contribution in [0.1, 0.15) is 31.2 Å². The van der Waals surface area contributed by atoms with Gasteiger partial charge in [0.15, 0.2) is 0 Å². The lowest BCUT2D eigenvalue weighted by molar-refractivity contribution is 0.0658. The van der Waals surface area contributed by atoms with E-state index in [-0.39, 0.29) is 11.7 Å². The van der Waals surface area contributed by atoms with Gasteiger partial charge in [-0.2, -0.15) is 5.26 Å². The van der Waals surface area contributed by atoms with Crippen LogP contribution in [0.3, 0.4) is 0 Å². The Bertz CT molecular complexity index is 511. The van der Waals surface area contributed by atoms with E-state index in [4.69, 9.17) is 10.00 Å². The zero-order valence-electron chi connectivity index (χ0n) is 11.0. The van der Waals surface area contributed by atoms with Gasteiger partial charge in [-0.3, -0.25) is 0 Å². The molecule has 0 spiro atoms. The summed E-state index contributed by atoms with van der Waals surface area (Å²) in [5.41, 5.74) is 0.0220. The number of hydrogen-bond donors (Lipinski definition) is 0. The lowest BCUT2D eigenvalue weighted by Crippen LogP contribution is -2.43. The van der Waals surface area contributed by atoms with Crippen LogP contribution >= 0.6 is 0 Å². The first-order valence-electron chi connectivity index (χ1n) is 6.76. The molecular weight excluding hydrogens is 243 g/mol. The van der Waals surface area contributed by atoms with E-state index in [0.29, 0.717) is 17.8 Å². The number of nitriles is 1. The molecule has 2 bridgehead atoms. The molecule has 2 fully saturated rings. The number of rotatable bonds is 2. The van der Waals surface area contributed by atoms with E-state index in [1.807, 2.05) is 6.07 Å². The molecule has 2 saturated heterocycles. The van der Waals surface area contributed by atoms with E-state index in [2.05, 4.69) is 11.9 Å². The smallest absolute Gasteiger partial charge is 0.144 e. The van der Waals surface area contributed by atoms with Gasteiger partial charge in [-0.05, 0) is 44.9 Å². The third kappa shape index (κ3) is 2.19. The number of fused-ring (bicyclic) bond motifs is 2. The van der Waals surface area contributed by atoms with Crippen LogP contribution in [-0.4, -0.2) is 30.1 Å². The molecule has 19 heavy (non-hydrogen) atoms. The average molecular weight is 260 g/mol. The van der Waals surface area contributed by atoms with Crippen LogP contribution in [0.15, 0.2) is 18.2 Å². The molecule has 2 atom stereocenters. The van der Waals surface area contributed by atoms with E-state index in [1.165, 1.54) is 18.9 Å². The molecule has 1 aromatic rings. The van der Waals surface area contributed by atoms with Crippen LogP contribution in [0, 0.1) is 17.1 Å². The molecule has 3 nitrogen and oxygen atoms in total. The molecule has 1 aromatic carbocycles. The summed E-state index contributed by atoms with van der Waals surface area (Å²) >= 11 is 0. The Hall–Kier alpha value is -1.60. The van der Waals surface area contributed by atoms with E-state index < -0.39 is 5.82 Å². The summed E-state index contributed by atoms with van der Waals surface area (Å²) in [6.45, 7) is 0. The van der Waals surface area contributed by atoms with Gasteiger partial charge in [0.1, 0.15) is 29.3 Å². The van der Waals surface area contributed by atoms with Crippen molar-refractivity contribution < 1.29 is 9.13 Å². The van der Waals surface area contributed by atoms with E-state index in [0.717, 1.165) is 12.8 Å². The fourth-order valence-corrected chi connectivity index (χ4v) is 3.35. The van der Waals surface area contributed by atoms with Crippen molar-refractivity contribution in [2.24, 2.45) is 0 Å². The minimum absolute atomic E-state index is 0.0220. The fraction of sp³-hybridized carbons (Fsp3) is 0.533. The second kappa shape index (κ2) is 4.82. The van der Waals surface area contributed by atoms with Crippen molar-refractivity contribution in [3.05, 3.63) is 29.6 Å². The van der Waals surface area contributed by atoms with Gasteiger partial charge in [-0.1, -0.05) is 6.07 Å². The summed E-state index contributed by atoms with van der Waals surface area (Å²) in [5, 5.41) is 9.01. The van der Waals surface area contributed by atoms with Gasteiger partial charge < -0.3 is 9.64 Å². The molecule has 0 amide bonds. The molecule has 0 aliphatic carbocycles. The highest BCUT2D eigenvalue weighted by Gasteiger charge is 2.39. The van der Waals surface area contributed by atoms with Crippen molar-refractivity contribution in [3.8, 4) is 11.8 Å². The molecular formula is C15H17FN2O. The first kappa shape index (κ1) is 12.4. The van der Waals surface area contributed by atoms with Gasteiger partial charge in [0, 0.05) is 12.1 Å². The van der Waals surface area contributed by atoms with Crippen LogP contribution in [0.5, 0.6) is 5.75 Å². The molecule has 2 unspecified atom stereocenters. The van der Waals surface area contributed by atoms with Crippen molar-refractivity contribution in [3.63, 3.8) is 0 Å². The predicted molar refractivity (Wildman–Crippen MR) is 69.3 cm³/mol. The second-order valence-corrected chi connectivity index (χ2v) is 5.49. The van der Waals surface area contributed by atoms with E-state index in [9.17, 15) is 4.39 Å². The summed E-state index contributed by atoms with van der Waals surface area (Å²) in [4.78, 5) is 2.43. The Labute approximate surface area is 112 Å². The number of halogens is 1. The molecule has 0 N–H and O–H groups in total. The number of benzene rings is 1. The quantitative estimate of drug-likeness (QED) is 0.820. The summed E-state index contributed by atoms with van der Waals surface area (Å²) < 4.78 is 19.4. The molecule has 4 heteroatoms. The van der Waals surface area contributed by atoms with Gasteiger partial charge in [0.25, 0.3) is 0 Å². The second-order valence-electron chi connectivity index (χ2n) is 5.49. The predicted octanol–water partition coefficient (Wildman–Crippen LogP) is 2.70. The Morgan fingerprint density at radius 1 is 1.32 bits per heavy atom. The third-order valence-electron chi connectivity index (χ3n) is 4.44. The van der Waals surface area contributed by atoms with Crippen molar-refractivity contribution in [1.82, 2.24) is 4.90 Å². The molecule has 100 valence electrons. The lowest BCUT2D eigenvalue weighted by atomic mass is 10.0. The van der Waals surface area contributed by atoms with Crippen molar-refractivity contribution in [1.29, 1.82) is 5.26 Å². The minimum Gasteiger partial charge on any atom is -0.489 e. The maximum atomic E-state index is 13.5. The largest absolute Gasteiger partial charge is 0.489 e. The summed E-state index contributed by atoms with van der Waals surface area (Å²) in [7, 11) is 2.17. The Morgan fingerprint density at radius 2 is 2.00 bits per heavy atom. The zero-order valence-corrected chi connectivity index (χ0v) is 11.0. The average Bonchev–Trinajstić information content (AvgIpc) is 2.63. The van der Waals surface area contributed by atoms with Gasteiger partial charge in [-0.15, -0.1) is 0 Å². The Kier molecular flexibility index (Phi) is 3.16. The highest BCUT2D eigenvalue weighted by Crippen LogP contribution is 2.36. The minimum atomic E-state index is -0.504. The molecule has 2 heterocycles. The number of nitrogens with zero attached hydrogens (tertiary/aromatic N) is 2. The SMILES string of the molecule is CN1C2CCC1CC(Oc1cccc(F)c1C#N)C2. The van der Waals surface area contributed by atoms with Crippen molar-refractivity contribution >= 4 is 0 Å². The summed E-state index contributed by atoms with van der Waals surface area (Å²) in [6.07, 6.45) is 4.47. The van der Waals surface area contributed by atoms with Crippen LogP contribution < -0.4 is 4.74 Å². The topological polar surface area (TPSA) is 36.3 Å². The number of hydrogen-bond acceptors (Lipinski definition) is 3. The highest BCUT2D eigenvalue weighted by molar-refractivity contribution is 5.43. The summed E-state index contributed by atoms with van der Waals surface area (Å²) in [6, 6.07) is 7.60. The first-order valence-corrected chi connectivity index (χ1v) is 6.76. The monoisotopic (exact) mass is 260 g/mol. The standard InChI is InChI=1S/C15H17FN2O/c1-18-10-5-6-11(18)8-12(7-10)19-15-4-2-3-14(16)13(15)9-17/h2-4,10-12H,5-8H2,1H3. The van der Waals surface area contributed by atoms with Gasteiger partial charge in [0.05, 0.1) is 0 Å². The maximum absolute atomic E-state index is 13.5. The highest BCUT2D eigenvalue weighted by atomic mass is 19.1. The molecule has 0 aromatic heterocycles. The van der Waals surface area contributed by atoms with Crippen LogP contribution in [0.2, 0.25) is 0 Å². The van der Waals surface area contributed by atoms with Crippen LogP contribution in [0.25, 0.3) is 0 Å². The number of ether oxygens (including phenoxy) is 1. The zero-order chi connectivity index (χ0) is 13.4. The molecule has 2 aliphatic rings. The van der Waals surface area contributed by atoms with Gasteiger partial charge in [-0.25, -0.2) is 4.39 Å². The van der Waals surface area contributed by atoms with Crippen molar-refractivity contribution in [2.75, 3.05) is 7.05 Å². The van der Waals surface area contributed by atoms with E-state index >= 15 is 0 Å². The Morgan fingerprint density at radius 3 is 2.63 bits per heavy atom. The molecule has 2 aliphatic heterocycles. The van der Waals surface area contributed by atoms with Crippen molar-refractivity contribution in [2.45, 2.75) is 43.9 Å². The summed E-state index contributed by atoms with van der Waals surface area (Å²) in [5.74, 6) is -0.118. The first-order chi connectivity index (χ1) is 9.19. The molecule has 0 saturated carbocycles. The Balaban J connectivity index is 1.77. The fourth-order valence-electron chi connectivity index (χ4n) is 3.35. The normalized spacial score (nSPS) is 30.1. The lowest BCUT2D eigenvalue weighted by Gasteiger charge is -2.36. The van der Waals surface area contributed by atoms with Gasteiger partial charge >= 0.3 is 0 Å². The molecule has 3 rings (SSSR count). The van der Waals surface area contributed by atoms with Gasteiger partial charge in [0.2, 0.25) is 0 Å². The third-order valence-corrected chi connectivity index (χ3v) is 4.44.